The van der Waals surface area contributed by atoms with Crippen molar-refractivity contribution in [1.82, 2.24) is 14.9 Å². The van der Waals surface area contributed by atoms with Gasteiger partial charge < -0.3 is 10.4 Å². The maximum Gasteiger partial charge on any atom is 0.347 e. The van der Waals surface area contributed by atoms with Crippen molar-refractivity contribution in [2.45, 2.75) is 39.0 Å². The summed E-state index contributed by atoms with van der Waals surface area (Å²) in [5.74, 6) is 0. The Labute approximate surface area is 105 Å². The maximum atomic E-state index is 11.4. The molecule has 0 aliphatic rings. The zero-order valence-corrected chi connectivity index (χ0v) is 11.0. The number of aliphatic hydroxyl groups is 1. The quantitative estimate of drug-likeness (QED) is 0.833. The molecular weight excluding hydrogens is 242 g/mol. The fourth-order valence-corrected chi connectivity index (χ4v) is 1.44. The van der Waals surface area contributed by atoms with E-state index in [9.17, 15) is 9.90 Å². The van der Waals surface area contributed by atoms with Gasteiger partial charge in [0.15, 0.2) is 0 Å². The third kappa shape index (κ3) is 5.30. The average Bonchev–Trinajstić information content (AvgIpc) is 2.20. The number of halogens is 1. The number of nitrogens with zero attached hydrogens (tertiary/aromatic N) is 2. The summed E-state index contributed by atoms with van der Waals surface area (Å²) in [6.07, 6.45) is 2.10. The molecule has 0 amide bonds. The van der Waals surface area contributed by atoms with Crippen molar-refractivity contribution in [2.75, 3.05) is 6.54 Å². The van der Waals surface area contributed by atoms with Crippen molar-refractivity contribution in [3.8, 4) is 0 Å². The molecule has 1 heterocycles. The van der Waals surface area contributed by atoms with Gasteiger partial charge in [-0.3, -0.25) is 4.57 Å². The molecule has 0 saturated heterocycles. The van der Waals surface area contributed by atoms with Crippen molar-refractivity contribution in [1.29, 1.82) is 0 Å². The zero-order valence-electron chi connectivity index (χ0n) is 10.3. The highest BCUT2D eigenvalue weighted by molar-refractivity contribution is 6.30. The fourth-order valence-electron chi connectivity index (χ4n) is 1.27. The molecule has 1 atom stereocenters. The molecule has 6 heteroatoms. The van der Waals surface area contributed by atoms with Crippen LogP contribution in [-0.2, 0) is 6.54 Å². The zero-order chi connectivity index (χ0) is 13.1. The largest absolute Gasteiger partial charge is 0.390 e. The molecule has 1 aromatic rings. The Balaban J connectivity index is 2.59. The Morgan fingerprint density at radius 2 is 2.24 bits per heavy atom. The third-order valence-corrected chi connectivity index (χ3v) is 2.29. The number of rotatable bonds is 4. The second-order valence-corrected chi connectivity index (χ2v) is 5.43. The summed E-state index contributed by atoms with van der Waals surface area (Å²) in [4.78, 5) is 15.0. The van der Waals surface area contributed by atoms with Crippen LogP contribution in [0.15, 0.2) is 17.2 Å². The van der Waals surface area contributed by atoms with Gasteiger partial charge in [0.05, 0.1) is 23.9 Å². The van der Waals surface area contributed by atoms with Crippen LogP contribution >= 0.6 is 11.6 Å². The minimum absolute atomic E-state index is 0.0709. The second-order valence-electron chi connectivity index (χ2n) is 4.99. The molecule has 5 nitrogen and oxygen atoms in total. The number of β-amino-alcohol motifs (C(OH)–C–C–N with tert-alkyl or cyclic N) is 1. The molecule has 0 bridgehead atoms. The average molecular weight is 260 g/mol. The Kier molecular flexibility index (Phi) is 4.68. The highest BCUT2D eigenvalue weighted by Crippen LogP contribution is 2.03. The SMILES string of the molecule is CC(C)(C)NCC(O)Cn1cc(Cl)cnc1=O. The van der Waals surface area contributed by atoms with E-state index in [0.29, 0.717) is 11.6 Å². The smallest absolute Gasteiger partial charge is 0.347 e. The van der Waals surface area contributed by atoms with E-state index >= 15 is 0 Å². The van der Waals surface area contributed by atoms with Crippen LogP contribution in [0.2, 0.25) is 5.02 Å². The summed E-state index contributed by atoms with van der Waals surface area (Å²) in [5.41, 5.74) is -0.484. The van der Waals surface area contributed by atoms with Gasteiger partial charge in [0.25, 0.3) is 0 Å². The summed E-state index contributed by atoms with van der Waals surface area (Å²) < 4.78 is 1.30. The molecule has 2 N–H and O–H groups in total. The van der Waals surface area contributed by atoms with Crippen LogP contribution in [-0.4, -0.2) is 32.8 Å². The Hall–Kier alpha value is -0.910. The topological polar surface area (TPSA) is 67.2 Å². The fraction of sp³-hybridized carbons (Fsp3) is 0.636. The van der Waals surface area contributed by atoms with Crippen LogP contribution in [0.25, 0.3) is 0 Å². The van der Waals surface area contributed by atoms with Crippen molar-refractivity contribution >= 4 is 11.6 Å². The standard InChI is InChI=1S/C11H18ClN3O2/c1-11(2,3)14-5-9(16)7-15-6-8(12)4-13-10(15)17/h4,6,9,14,16H,5,7H2,1-3H3. The lowest BCUT2D eigenvalue weighted by Gasteiger charge is -2.23. The van der Waals surface area contributed by atoms with E-state index in [2.05, 4.69) is 10.3 Å². The van der Waals surface area contributed by atoms with Gasteiger partial charge in [-0.25, -0.2) is 9.78 Å². The molecule has 0 aliphatic heterocycles. The summed E-state index contributed by atoms with van der Waals surface area (Å²) in [5, 5.41) is 13.3. The van der Waals surface area contributed by atoms with Gasteiger partial charge in [0, 0.05) is 18.3 Å². The molecule has 1 rings (SSSR count). The highest BCUT2D eigenvalue weighted by atomic mass is 35.5. The number of nitrogens with one attached hydrogen (secondary N) is 1. The van der Waals surface area contributed by atoms with Crippen LogP contribution in [0.4, 0.5) is 0 Å². The molecule has 1 unspecified atom stereocenters. The van der Waals surface area contributed by atoms with Crippen molar-refractivity contribution in [3.05, 3.63) is 27.9 Å². The van der Waals surface area contributed by atoms with Gasteiger partial charge in [0.2, 0.25) is 0 Å². The molecule has 0 fully saturated rings. The Morgan fingerprint density at radius 1 is 1.59 bits per heavy atom. The minimum atomic E-state index is -0.660. The molecule has 0 aliphatic carbocycles. The minimum Gasteiger partial charge on any atom is -0.390 e. The molecule has 0 aromatic carbocycles. The summed E-state index contributed by atoms with van der Waals surface area (Å²) in [7, 11) is 0. The van der Waals surface area contributed by atoms with Crippen molar-refractivity contribution in [3.63, 3.8) is 0 Å². The van der Waals surface area contributed by atoms with E-state index in [0.717, 1.165) is 0 Å². The molecule has 0 radical (unpaired) electrons. The first kappa shape index (κ1) is 14.2. The predicted molar refractivity (Wildman–Crippen MR) is 67.3 cm³/mol. The van der Waals surface area contributed by atoms with Gasteiger partial charge in [-0.05, 0) is 20.8 Å². The normalized spacial score (nSPS) is 13.7. The number of aromatic nitrogens is 2. The van der Waals surface area contributed by atoms with E-state index in [1.54, 1.807) is 0 Å². The van der Waals surface area contributed by atoms with Gasteiger partial charge in [-0.1, -0.05) is 11.6 Å². The van der Waals surface area contributed by atoms with Crippen molar-refractivity contribution < 1.29 is 5.11 Å². The number of hydrogen-bond donors (Lipinski definition) is 2. The monoisotopic (exact) mass is 259 g/mol. The first-order valence-electron chi connectivity index (χ1n) is 5.43. The van der Waals surface area contributed by atoms with Crippen LogP contribution in [0, 0.1) is 0 Å². The van der Waals surface area contributed by atoms with Crippen molar-refractivity contribution in [2.24, 2.45) is 0 Å². The van der Waals surface area contributed by atoms with Crippen LogP contribution in [0.5, 0.6) is 0 Å². The van der Waals surface area contributed by atoms with Gasteiger partial charge in [-0.2, -0.15) is 0 Å². The molecule has 1 aromatic heterocycles. The summed E-state index contributed by atoms with van der Waals surface area (Å²) in [6.45, 7) is 6.60. The van der Waals surface area contributed by atoms with Crippen LogP contribution in [0.1, 0.15) is 20.8 Å². The molecule has 0 spiro atoms. The molecule has 96 valence electrons. The predicted octanol–water partition coefficient (Wildman–Crippen LogP) is 0.646. The summed E-state index contributed by atoms with van der Waals surface area (Å²) in [6, 6.07) is 0. The first-order chi connectivity index (χ1) is 7.78. The third-order valence-electron chi connectivity index (χ3n) is 2.10. The van der Waals surface area contributed by atoms with Gasteiger partial charge >= 0.3 is 5.69 Å². The van der Waals surface area contributed by atoms with E-state index in [4.69, 9.17) is 11.6 Å². The lowest BCUT2D eigenvalue weighted by molar-refractivity contribution is 0.140. The van der Waals surface area contributed by atoms with Crippen LogP contribution in [0.3, 0.4) is 0 Å². The second kappa shape index (κ2) is 5.62. The van der Waals surface area contributed by atoms with E-state index in [1.165, 1.54) is 17.0 Å². The maximum absolute atomic E-state index is 11.4. The molecule has 17 heavy (non-hydrogen) atoms. The summed E-state index contributed by atoms with van der Waals surface area (Å²) >= 11 is 5.73. The van der Waals surface area contributed by atoms with E-state index < -0.39 is 11.8 Å². The van der Waals surface area contributed by atoms with E-state index in [-0.39, 0.29) is 12.1 Å². The van der Waals surface area contributed by atoms with Crippen LogP contribution < -0.4 is 11.0 Å². The number of hydrogen-bond acceptors (Lipinski definition) is 4. The Morgan fingerprint density at radius 3 is 2.82 bits per heavy atom. The van der Waals surface area contributed by atoms with E-state index in [1.807, 2.05) is 20.8 Å². The number of aliphatic hydroxyl groups excluding tert-OH is 1. The lowest BCUT2D eigenvalue weighted by atomic mass is 10.1. The Bertz CT molecular complexity index is 425. The lowest BCUT2D eigenvalue weighted by Crippen LogP contribution is -2.42. The highest BCUT2D eigenvalue weighted by Gasteiger charge is 2.13. The molecular formula is C11H18ClN3O2. The molecule has 0 saturated carbocycles. The van der Waals surface area contributed by atoms with Gasteiger partial charge in [0.1, 0.15) is 0 Å². The van der Waals surface area contributed by atoms with Gasteiger partial charge in [-0.15, -0.1) is 0 Å². The first-order valence-corrected chi connectivity index (χ1v) is 5.81.